The van der Waals surface area contributed by atoms with E-state index in [4.69, 9.17) is 0 Å². The van der Waals surface area contributed by atoms with Crippen LogP contribution in [0.3, 0.4) is 0 Å². The second-order valence-electron chi connectivity index (χ2n) is 5.56. The van der Waals surface area contributed by atoms with Crippen molar-refractivity contribution in [1.82, 2.24) is 4.90 Å². The van der Waals surface area contributed by atoms with Crippen molar-refractivity contribution in [2.75, 3.05) is 12.4 Å². The number of urea groups is 1. The first-order chi connectivity index (χ1) is 10.6. The number of amides is 2. The Morgan fingerprint density at radius 1 is 1.23 bits per heavy atom. The number of carbonyl (C=O) groups excluding carboxylic acids is 1. The van der Waals surface area contributed by atoms with E-state index in [0.717, 1.165) is 25.7 Å². The third-order valence-corrected chi connectivity index (χ3v) is 4.04. The zero-order chi connectivity index (χ0) is 15.9. The quantitative estimate of drug-likeness (QED) is 0.833. The lowest BCUT2D eigenvalue weighted by Gasteiger charge is -2.27. The number of para-hydroxylation sites is 2. The predicted octanol–water partition coefficient (Wildman–Crippen LogP) is 4.47. The molecule has 0 heterocycles. The summed E-state index contributed by atoms with van der Waals surface area (Å²) in [6.07, 6.45) is 6.62. The van der Waals surface area contributed by atoms with E-state index in [1.165, 1.54) is 18.9 Å². The highest BCUT2D eigenvalue weighted by atomic mass is 19.3. The lowest BCUT2D eigenvalue weighted by Crippen LogP contribution is -2.39. The summed E-state index contributed by atoms with van der Waals surface area (Å²) in [6.45, 7) is -2.92. The Balaban J connectivity index is 2.01. The monoisotopic (exact) mass is 312 g/mol. The minimum atomic E-state index is -2.92. The van der Waals surface area contributed by atoms with Gasteiger partial charge in [0, 0.05) is 13.1 Å². The summed E-state index contributed by atoms with van der Waals surface area (Å²) in [7, 11) is 1.75. The molecule has 1 N–H and O–H groups in total. The van der Waals surface area contributed by atoms with E-state index in [9.17, 15) is 13.6 Å². The standard InChI is InChI=1S/C16H22F2N2O2/c1-20(12-8-4-2-3-5-9-12)16(21)19-13-10-6-7-11-14(13)22-15(17)18/h6-7,10-12,15H,2-5,8-9H2,1H3,(H,19,21). The summed E-state index contributed by atoms with van der Waals surface area (Å²) < 4.78 is 29.2. The molecule has 1 aromatic carbocycles. The number of hydrogen-bond donors (Lipinski definition) is 1. The van der Waals surface area contributed by atoms with Crippen molar-refractivity contribution in [3.8, 4) is 5.75 Å². The predicted molar refractivity (Wildman–Crippen MR) is 81.3 cm³/mol. The Morgan fingerprint density at radius 2 is 1.86 bits per heavy atom. The summed E-state index contributed by atoms with van der Waals surface area (Å²) in [5.74, 6) is -0.0277. The Hall–Kier alpha value is -1.85. The van der Waals surface area contributed by atoms with Gasteiger partial charge < -0.3 is 15.0 Å². The molecule has 0 spiro atoms. The van der Waals surface area contributed by atoms with Crippen LogP contribution >= 0.6 is 0 Å². The van der Waals surface area contributed by atoms with Crippen LogP contribution in [0.2, 0.25) is 0 Å². The highest BCUT2D eigenvalue weighted by Crippen LogP contribution is 2.27. The van der Waals surface area contributed by atoms with Crippen molar-refractivity contribution in [3.05, 3.63) is 24.3 Å². The Morgan fingerprint density at radius 3 is 2.50 bits per heavy atom. The van der Waals surface area contributed by atoms with Gasteiger partial charge in [0.05, 0.1) is 5.69 Å². The molecule has 6 heteroatoms. The summed E-state index contributed by atoms with van der Waals surface area (Å²) in [5, 5.41) is 2.66. The van der Waals surface area contributed by atoms with Gasteiger partial charge in [0.25, 0.3) is 0 Å². The zero-order valence-corrected chi connectivity index (χ0v) is 12.7. The van der Waals surface area contributed by atoms with Crippen LogP contribution in [0.4, 0.5) is 19.3 Å². The SMILES string of the molecule is CN(C(=O)Nc1ccccc1OC(F)F)C1CCCCCC1. The molecule has 1 aliphatic rings. The molecule has 22 heavy (non-hydrogen) atoms. The molecule has 1 fully saturated rings. The van der Waals surface area contributed by atoms with Crippen molar-refractivity contribution in [1.29, 1.82) is 0 Å². The number of halogens is 2. The molecule has 0 saturated heterocycles. The van der Waals surface area contributed by atoms with E-state index in [1.807, 2.05) is 0 Å². The first-order valence-corrected chi connectivity index (χ1v) is 7.65. The maximum absolute atomic E-state index is 12.4. The van der Waals surface area contributed by atoms with Crippen LogP contribution in [0.25, 0.3) is 0 Å². The van der Waals surface area contributed by atoms with Crippen molar-refractivity contribution >= 4 is 11.7 Å². The first kappa shape index (κ1) is 16.5. The fraction of sp³-hybridized carbons (Fsp3) is 0.562. The van der Waals surface area contributed by atoms with Gasteiger partial charge in [0.2, 0.25) is 0 Å². The third kappa shape index (κ3) is 4.58. The van der Waals surface area contributed by atoms with Crippen LogP contribution in [-0.4, -0.2) is 30.6 Å². The normalized spacial score (nSPS) is 16.2. The number of anilines is 1. The molecule has 1 aliphatic carbocycles. The number of hydrogen-bond acceptors (Lipinski definition) is 2. The number of rotatable bonds is 4. The number of benzene rings is 1. The Bertz CT molecular complexity index is 489. The van der Waals surface area contributed by atoms with E-state index in [1.54, 1.807) is 30.1 Å². The van der Waals surface area contributed by atoms with Gasteiger partial charge in [0.15, 0.2) is 0 Å². The van der Waals surface area contributed by atoms with E-state index in [2.05, 4.69) is 10.1 Å². The second kappa shape index (κ2) is 7.96. The zero-order valence-electron chi connectivity index (χ0n) is 12.7. The van der Waals surface area contributed by atoms with E-state index in [-0.39, 0.29) is 23.5 Å². The average Bonchev–Trinajstić information content (AvgIpc) is 2.77. The molecule has 0 aromatic heterocycles. The highest BCUT2D eigenvalue weighted by molar-refractivity contribution is 5.91. The molecule has 0 atom stereocenters. The highest BCUT2D eigenvalue weighted by Gasteiger charge is 2.22. The second-order valence-corrected chi connectivity index (χ2v) is 5.56. The number of carbonyl (C=O) groups is 1. The largest absolute Gasteiger partial charge is 0.433 e. The number of nitrogens with zero attached hydrogens (tertiary/aromatic N) is 1. The molecule has 0 bridgehead atoms. The molecular formula is C16H22F2N2O2. The van der Waals surface area contributed by atoms with Gasteiger partial charge in [-0.15, -0.1) is 0 Å². The molecule has 0 radical (unpaired) electrons. The minimum absolute atomic E-state index is 0.0277. The Labute approximate surface area is 129 Å². The molecule has 0 aliphatic heterocycles. The molecule has 1 aromatic rings. The van der Waals surface area contributed by atoms with Crippen molar-refractivity contribution in [2.24, 2.45) is 0 Å². The van der Waals surface area contributed by atoms with Crippen LogP contribution in [0.5, 0.6) is 5.75 Å². The topological polar surface area (TPSA) is 41.6 Å². The number of alkyl halides is 2. The molecule has 122 valence electrons. The van der Waals surface area contributed by atoms with Gasteiger partial charge in [0.1, 0.15) is 5.75 Å². The maximum Gasteiger partial charge on any atom is 0.387 e. The third-order valence-electron chi connectivity index (χ3n) is 4.04. The van der Waals surface area contributed by atoms with Crippen LogP contribution < -0.4 is 10.1 Å². The molecule has 0 unspecified atom stereocenters. The van der Waals surface area contributed by atoms with E-state index >= 15 is 0 Å². The van der Waals surface area contributed by atoms with Crippen molar-refractivity contribution in [3.63, 3.8) is 0 Å². The van der Waals surface area contributed by atoms with Gasteiger partial charge in [-0.25, -0.2) is 4.79 Å². The summed E-state index contributed by atoms with van der Waals surface area (Å²) in [6, 6.07) is 6.12. The van der Waals surface area contributed by atoms with Crippen molar-refractivity contribution < 1.29 is 18.3 Å². The molecule has 2 rings (SSSR count). The van der Waals surface area contributed by atoms with E-state index in [0.29, 0.717) is 0 Å². The lowest BCUT2D eigenvalue weighted by molar-refractivity contribution is -0.0493. The number of ether oxygens (including phenoxy) is 1. The summed E-state index contributed by atoms with van der Waals surface area (Å²) in [4.78, 5) is 14.0. The molecular weight excluding hydrogens is 290 g/mol. The minimum Gasteiger partial charge on any atom is -0.433 e. The Kier molecular flexibility index (Phi) is 5.98. The number of nitrogens with one attached hydrogen (secondary N) is 1. The average molecular weight is 312 g/mol. The van der Waals surface area contributed by atoms with Gasteiger partial charge in [-0.2, -0.15) is 8.78 Å². The van der Waals surface area contributed by atoms with Crippen LogP contribution in [0, 0.1) is 0 Å². The van der Waals surface area contributed by atoms with Gasteiger partial charge in [-0.1, -0.05) is 37.8 Å². The first-order valence-electron chi connectivity index (χ1n) is 7.65. The van der Waals surface area contributed by atoms with E-state index < -0.39 is 6.61 Å². The molecule has 2 amide bonds. The fourth-order valence-electron chi connectivity index (χ4n) is 2.78. The summed E-state index contributed by atoms with van der Waals surface area (Å²) in [5.41, 5.74) is 0.258. The van der Waals surface area contributed by atoms with Gasteiger partial charge >= 0.3 is 12.6 Å². The molecule has 1 saturated carbocycles. The van der Waals surface area contributed by atoms with Crippen LogP contribution in [0.1, 0.15) is 38.5 Å². The maximum atomic E-state index is 12.4. The van der Waals surface area contributed by atoms with Crippen molar-refractivity contribution in [2.45, 2.75) is 51.2 Å². The lowest BCUT2D eigenvalue weighted by atomic mass is 10.1. The fourth-order valence-corrected chi connectivity index (χ4v) is 2.78. The van der Waals surface area contributed by atoms with Gasteiger partial charge in [-0.3, -0.25) is 0 Å². The smallest absolute Gasteiger partial charge is 0.387 e. The van der Waals surface area contributed by atoms with Crippen LogP contribution in [-0.2, 0) is 0 Å². The molecule has 4 nitrogen and oxygen atoms in total. The summed E-state index contributed by atoms with van der Waals surface area (Å²) >= 11 is 0. The van der Waals surface area contributed by atoms with Crippen LogP contribution in [0.15, 0.2) is 24.3 Å². The van der Waals surface area contributed by atoms with Gasteiger partial charge in [-0.05, 0) is 25.0 Å².